The molecule has 3 rings (SSSR count). The molecule has 1 N–H and O–H groups in total. The highest BCUT2D eigenvalue weighted by molar-refractivity contribution is 6.06. The Morgan fingerprint density at radius 2 is 1.70 bits per heavy atom. The lowest BCUT2D eigenvalue weighted by Crippen LogP contribution is -2.29. The third kappa shape index (κ3) is 3.95. The van der Waals surface area contributed by atoms with Gasteiger partial charge in [0.15, 0.2) is 5.69 Å². The van der Waals surface area contributed by atoms with Gasteiger partial charge < -0.3 is 0 Å². The fraction of sp³-hybridized carbons (Fsp3) is 0.238. The Morgan fingerprint density at radius 1 is 1.04 bits per heavy atom. The molecule has 0 radical (unpaired) electrons. The van der Waals surface area contributed by atoms with Gasteiger partial charge in [-0.05, 0) is 24.5 Å². The van der Waals surface area contributed by atoms with Crippen LogP contribution < -0.4 is 11.0 Å². The molecule has 1 aromatic heterocycles. The number of hydrogen-bond donors (Lipinski definition) is 1. The maximum atomic E-state index is 12.8. The molecular weight excluding hydrogens is 340 g/mol. The molecule has 6 heteroatoms. The highest BCUT2D eigenvalue weighted by Crippen LogP contribution is 2.13. The standard InChI is InChI=1S/C21H22N4O2/c1-3-14-25-21(27)17-13-9-8-12-16(17)19(24-25)20(26)23-22-18(4-2)15-10-6-5-7-11-15/h5-13H,3-4,14H2,1-2H3,(H,23,26). The van der Waals surface area contributed by atoms with Crippen molar-refractivity contribution in [2.75, 3.05) is 0 Å². The van der Waals surface area contributed by atoms with Crippen molar-refractivity contribution in [1.82, 2.24) is 15.2 Å². The average molecular weight is 362 g/mol. The van der Waals surface area contributed by atoms with E-state index in [4.69, 9.17) is 0 Å². The van der Waals surface area contributed by atoms with Gasteiger partial charge in [-0.3, -0.25) is 9.59 Å². The highest BCUT2D eigenvalue weighted by atomic mass is 16.2. The van der Waals surface area contributed by atoms with Crippen molar-refractivity contribution in [3.63, 3.8) is 0 Å². The third-order valence-electron chi connectivity index (χ3n) is 4.25. The molecular formula is C21H22N4O2. The lowest BCUT2D eigenvalue weighted by Gasteiger charge is -2.10. The number of aromatic nitrogens is 2. The van der Waals surface area contributed by atoms with Crippen molar-refractivity contribution >= 4 is 22.4 Å². The smallest absolute Gasteiger partial charge is 0.267 e. The number of aryl methyl sites for hydroxylation is 1. The van der Waals surface area contributed by atoms with E-state index in [-0.39, 0.29) is 11.3 Å². The number of nitrogens with one attached hydrogen (secondary N) is 1. The molecule has 138 valence electrons. The zero-order valence-electron chi connectivity index (χ0n) is 15.5. The van der Waals surface area contributed by atoms with E-state index in [1.807, 2.05) is 44.2 Å². The maximum absolute atomic E-state index is 12.8. The normalized spacial score (nSPS) is 11.6. The SMILES string of the molecule is CCCn1nc(C(=O)NN=C(CC)c2ccccc2)c2ccccc2c1=O. The first-order valence-electron chi connectivity index (χ1n) is 9.07. The van der Waals surface area contributed by atoms with Crippen LogP contribution in [0.2, 0.25) is 0 Å². The first-order valence-corrected chi connectivity index (χ1v) is 9.07. The van der Waals surface area contributed by atoms with E-state index < -0.39 is 5.91 Å². The third-order valence-corrected chi connectivity index (χ3v) is 4.25. The van der Waals surface area contributed by atoms with Gasteiger partial charge in [-0.2, -0.15) is 10.2 Å². The number of hydrazone groups is 1. The van der Waals surface area contributed by atoms with Gasteiger partial charge in [0.25, 0.3) is 11.5 Å². The van der Waals surface area contributed by atoms with Crippen LogP contribution in [0.1, 0.15) is 42.7 Å². The Labute approximate surface area is 157 Å². The number of carbonyl (C=O) groups excluding carboxylic acids is 1. The minimum Gasteiger partial charge on any atom is -0.267 e. The van der Waals surface area contributed by atoms with E-state index in [0.29, 0.717) is 23.7 Å². The van der Waals surface area contributed by atoms with Crippen LogP contribution in [-0.2, 0) is 6.54 Å². The number of rotatable bonds is 6. The van der Waals surface area contributed by atoms with Gasteiger partial charge in [0.2, 0.25) is 0 Å². The maximum Gasteiger partial charge on any atom is 0.292 e. The summed E-state index contributed by atoms with van der Waals surface area (Å²) >= 11 is 0. The van der Waals surface area contributed by atoms with Gasteiger partial charge in [-0.1, -0.05) is 62.4 Å². The molecule has 27 heavy (non-hydrogen) atoms. The molecule has 3 aromatic rings. The molecule has 0 bridgehead atoms. The van der Waals surface area contributed by atoms with Crippen LogP contribution in [0, 0.1) is 0 Å². The molecule has 0 atom stereocenters. The second-order valence-electron chi connectivity index (χ2n) is 6.14. The largest absolute Gasteiger partial charge is 0.292 e. The summed E-state index contributed by atoms with van der Waals surface area (Å²) in [4.78, 5) is 25.3. The van der Waals surface area contributed by atoms with Gasteiger partial charge in [-0.15, -0.1) is 0 Å². The summed E-state index contributed by atoms with van der Waals surface area (Å²) in [5.74, 6) is -0.432. The molecule has 0 aliphatic rings. The Morgan fingerprint density at radius 3 is 2.37 bits per heavy atom. The van der Waals surface area contributed by atoms with Crippen molar-refractivity contribution in [1.29, 1.82) is 0 Å². The average Bonchev–Trinajstić information content (AvgIpc) is 2.71. The van der Waals surface area contributed by atoms with Crippen LogP contribution in [0.25, 0.3) is 10.8 Å². The Balaban J connectivity index is 1.99. The summed E-state index contributed by atoms with van der Waals surface area (Å²) in [6, 6.07) is 16.7. The second kappa shape index (κ2) is 8.40. The zero-order chi connectivity index (χ0) is 19.2. The minimum absolute atomic E-state index is 0.189. The van der Waals surface area contributed by atoms with E-state index in [1.165, 1.54) is 4.68 Å². The number of nitrogens with zero attached hydrogens (tertiary/aromatic N) is 3. The lowest BCUT2D eigenvalue weighted by atomic mass is 10.1. The van der Waals surface area contributed by atoms with Gasteiger partial charge in [0.05, 0.1) is 11.1 Å². The molecule has 0 aliphatic carbocycles. The molecule has 1 heterocycles. The van der Waals surface area contributed by atoms with E-state index in [1.54, 1.807) is 24.3 Å². The lowest BCUT2D eigenvalue weighted by molar-refractivity contribution is 0.0949. The van der Waals surface area contributed by atoms with Crippen LogP contribution in [0.15, 0.2) is 64.5 Å². The number of hydrogen-bond acceptors (Lipinski definition) is 4. The number of amides is 1. The Hall–Kier alpha value is -3.28. The molecule has 1 amide bonds. The molecule has 0 saturated heterocycles. The monoisotopic (exact) mass is 362 g/mol. The van der Waals surface area contributed by atoms with Crippen molar-refractivity contribution in [2.24, 2.45) is 5.10 Å². The predicted octanol–water partition coefficient (Wildman–Crippen LogP) is 3.35. The summed E-state index contributed by atoms with van der Waals surface area (Å²) in [6.45, 7) is 4.39. The molecule has 0 unspecified atom stereocenters. The van der Waals surface area contributed by atoms with E-state index in [0.717, 1.165) is 17.7 Å². The van der Waals surface area contributed by atoms with Crippen LogP contribution in [0.4, 0.5) is 0 Å². The van der Waals surface area contributed by atoms with E-state index in [2.05, 4.69) is 15.6 Å². The minimum atomic E-state index is -0.432. The summed E-state index contributed by atoms with van der Waals surface area (Å²) in [7, 11) is 0. The van der Waals surface area contributed by atoms with Gasteiger partial charge in [0, 0.05) is 11.9 Å². The summed E-state index contributed by atoms with van der Waals surface area (Å²) < 4.78 is 1.35. The van der Waals surface area contributed by atoms with Crippen LogP contribution in [-0.4, -0.2) is 21.4 Å². The molecule has 0 fully saturated rings. The molecule has 0 aliphatic heterocycles. The highest BCUT2D eigenvalue weighted by Gasteiger charge is 2.16. The van der Waals surface area contributed by atoms with Crippen molar-refractivity contribution in [3.05, 3.63) is 76.2 Å². The number of carbonyl (C=O) groups is 1. The quantitative estimate of drug-likeness (QED) is 0.540. The van der Waals surface area contributed by atoms with Gasteiger partial charge in [0.1, 0.15) is 0 Å². The Bertz CT molecular complexity index is 1040. The Kier molecular flexibility index (Phi) is 5.76. The summed E-state index contributed by atoms with van der Waals surface area (Å²) in [6.07, 6.45) is 1.42. The first-order chi connectivity index (χ1) is 13.2. The van der Waals surface area contributed by atoms with Gasteiger partial charge in [-0.25, -0.2) is 10.1 Å². The number of fused-ring (bicyclic) bond motifs is 1. The molecule has 0 spiro atoms. The molecule has 6 nitrogen and oxygen atoms in total. The van der Waals surface area contributed by atoms with Crippen molar-refractivity contribution < 1.29 is 4.79 Å². The summed E-state index contributed by atoms with van der Waals surface area (Å²) in [5, 5.41) is 9.58. The van der Waals surface area contributed by atoms with Crippen molar-refractivity contribution in [2.45, 2.75) is 33.2 Å². The fourth-order valence-corrected chi connectivity index (χ4v) is 2.92. The number of benzene rings is 2. The van der Waals surface area contributed by atoms with Crippen LogP contribution in [0.3, 0.4) is 0 Å². The topological polar surface area (TPSA) is 76.3 Å². The molecule has 2 aromatic carbocycles. The zero-order valence-corrected chi connectivity index (χ0v) is 15.5. The van der Waals surface area contributed by atoms with E-state index in [9.17, 15) is 9.59 Å². The van der Waals surface area contributed by atoms with Gasteiger partial charge >= 0.3 is 0 Å². The van der Waals surface area contributed by atoms with E-state index >= 15 is 0 Å². The van der Waals surface area contributed by atoms with Crippen LogP contribution in [0.5, 0.6) is 0 Å². The first kappa shape index (κ1) is 18.5. The van der Waals surface area contributed by atoms with Crippen LogP contribution >= 0.6 is 0 Å². The fourth-order valence-electron chi connectivity index (χ4n) is 2.92. The molecule has 0 saturated carbocycles. The predicted molar refractivity (Wildman–Crippen MR) is 107 cm³/mol. The second-order valence-corrected chi connectivity index (χ2v) is 6.14. The van der Waals surface area contributed by atoms with Crippen molar-refractivity contribution in [3.8, 4) is 0 Å². The summed E-state index contributed by atoms with van der Waals surface area (Å²) in [5.41, 5.74) is 4.34.